The second-order valence-electron chi connectivity index (χ2n) is 5.22. The van der Waals surface area contributed by atoms with E-state index in [1.807, 2.05) is 0 Å². The monoisotopic (exact) mass is 265 g/mol. The molecule has 0 aliphatic carbocycles. The Labute approximate surface area is 111 Å². The van der Waals surface area contributed by atoms with Crippen LogP contribution in [-0.4, -0.2) is 41.8 Å². The van der Waals surface area contributed by atoms with Crippen LogP contribution in [-0.2, 0) is 11.2 Å². The number of piperidine rings is 2. The second-order valence-corrected chi connectivity index (χ2v) is 5.22. The van der Waals surface area contributed by atoms with Gasteiger partial charge in [-0.05, 0) is 18.8 Å². The lowest BCUT2D eigenvalue weighted by Gasteiger charge is -2.40. The molecule has 0 radical (unpaired) electrons. The zero-order chi connectivity index (χ0) is 13.2. The van der Waals surface area contributed by atoms with Gasteiger partial charge in [0.1, 0.15) is 0 Å². The van der Waals surface area contributed by atoms with Crippen molar-refractivity contribution in [2.24, 2.45) is 11.7 Å². The molecular formula is C12H19N5O2. The van der Waals surface area contributed by atoms with E-state index >= 15 is 0 Å². The minimum atomic E-state index is 0.178. The molecule has 1 aromatic rings. The van der Waals surface area contributed by atoms with Gasteiger partial charge in [0.15, 0.2) is 0 Å². The molecule has 7 nitrogen and oxygen atoms in total. The van der Waals surface area contributed by atoms with Crippen molar-refractivity contribution in [3.05, 3.63) is 5.89 Å². The molecule has 3 N–H and O–H groups in total. The second kappa shape index (κ2) is 5.16. The molecule has 7 heteroatoms. The van der Waals surface area contributed by atoms with Crippen LogP contribution >= 0.6 is 0 Å². The molecule has 19 heavy (non-hydrogen) atoms. The molecule has 2 aliphatic heterocycles. The Hall–Kier alpha value is -1.63. The van der Waals surface area contributed by atoms with E-state index in [0.717, 1.165) is 25.9 Å². The fourth-order valence-electron chi connectivity index (χ4n) is 2.88. The SMILES string of the molecule is NCCc1nnc(N2CCC3NC(=O)CCC3C2)o1. The topological polar surface area (TPSA) is 97.3 Å². The Bertz CT molecular complexity index is 461. The Morgan fingerprint density at radius 2 is 2.32 bits per heavy atom. The van der Waals surface area contributed by atoms with E-state index in [-0.39, 0.29) is 5.91 Å². The van der Waals surface area contributed by atoms with Gasteiger partial charge >= 0.3 is 6.01 Å². The predicted molar refractivity (Wildman–Crippen MR) is 68.5 cm³/mol. The van der Waals surface area contributed by atoms with Crippen LogP contribution < -0.4 is 16.0 Å². The summed E-state index contributed by atoms with van der Waals surface area (Å²) in [7, 11) is 0. The van der Waals surface area contributed by atoms with Crippen molar-refractivity contribution < 1.29 is 9.21 Å². The van der Waals surface area contributed by atoms with Crippen LogP contribution in [0.15, 0.2) is 4.42 Å². The molecule has 2 saturated heterocycles. The van der Waals surface area contributed by atoms with Gasteiger partial charge in [0.2, 0.25) is 11.8 Å². The third kappa shape index (κ3) is 2.56. The number of aromatic nitrogens is 2. The summed E-state index contributed by atoms with van der Waals surface area (Å²) in [5, 5.41) is 11.1. The maximum absolute atomic E-state index is 11.4. The number of rotatable bonds is 3. The number of nitrogens with zero attached hydrogens (tertiary/aromatic N) is 3. The van der Waals surface area contributed by atoms with Crippen molar-refractivity contribution in [1.29, 1.82) is 0 Å². The molecule has 0 aromatic carbocycles. The first-order valence-electron chi connectivity index (χ1n) is 6.83. The summed E-state index contributed by atoms with van der Waals surface area (Å²) in [6, 6.07) is 0.891. The third-order valence-corrected chi connectivity index (χ3v) is 3.91. The first-order valence-corrected chi connectivity index (χ1v) is 6.83. The number of carbonyl (C=O) groups excluding carboxylic acids is 1. The molecule has 0 saturated carbocycles. The standard InChI is InChI=1S/C12H19N5O2/c13-5-3-11-15-16-12(19-11)17-6-4-9-8(7-17)1-2-10(18)14-9/h8-9H,1-7,13H2,(H,14,18). The van der Waals surface area contributed by atoms with Gasteiger partial charge < -0.3 is 20.4 Å². The quantitative estimate of drug-likeness (QED) is 0.777. The van der Waals surface area contributed by atoms with Crippen LogP contribution in [0.3, 0.4) is 0 Å². The van der Waals surface area contributed by atoms with E-state index in [1.165, 1.54) is 0 Å². The summed E-state index contributed by atoms with van der Waals surface area (Å²) >= 11 is 0. The first-order chi connectivity index (χ1) is 9.26. The fraction of sp³-hybridized carbons (Fsp3) is 0.750. The zero-order valence-electron chi connectivity index (χ0n) is 10.8. The zero-order valence-corrected chi connectivity index (χ0v) is 10.8. The molecule has 1 aromatic heterocycles. The highest BCUT2D eigenvalue weighted by Crippen LogP contribution is 2.28. The molecule has 1 amide bonds. The minimum Gasteiger partial charge on any atom is -0.408 e. The normalized spacial score (nSPS) is 27.0. The lowest BCUT2D eigenvalue weighted by molar-refractivity contribution is -0.124. The van der Waals surface area contributed by atoms with Gasteiger partial charge in [-0.3, -0.25) is 4.79 Å². The van der Waals surface area contributed by atoms with E-state index in [9.17, 15) is 4.79 Å². The van der Waals surface area contributed by atoms with Gasteiger partial charge in [-0.1, -0.05) is 5.10 Å². The van der Waals surface area contributed by atoms with Crippen molar-refractivity contribution in [3.63, 3.8) is 0 Å². The lowest BCUT2D eigenvalue weighted by atomic mass is 9.85. The van der Waals surface area contributed by atoms with Crippen LogP contribution in [0.5, 0.6) is 0 Å². The smallest absolute Gasteiger partial charge is 0.318 e. The summed E-state index contributed by atoms with van der Waals surface area (Å²) < 4.78 is 5.60. The van der Waals surface area contributed by atoms with Crippen molar-refractivity contribution in [2.75, 3.05) is 24.5 Å². The molecule has 0 bridgehead atoms. The molecular weight excluding hydrogens is 246 g/mol. The molecule has 0 spiro atoms. The number of anilines is 1. The van der Waals surface area contributed by atoms with Gasteiger partial charge in [-0.25, -0.2) is 0 Å². The predicted octanol–water partition coefficient (Wildman–Crippen LogP) is -0.324. The highest BCUT2D eigenvalue weighted by Gasteiger charge is 2.35. The Balaban J connectivity index is 1.65. The van der Waals surface area contributed by atoms with Gasteiger partial charge in [0.25, 0.3) is 0 Å². The van der Waals surface area contributed by atoms with E-state index in [2.05, 4.69) is 20.4 Å². The Kier molecular flexibility index (Phi) is 3.37. The molecule has 2 fully saturated rings. The lowest BCUT2D eigenvalue weighted by Crippen LogP contribution is -2.54. The average Bonchev–Trinajstić information content (AvgIpc) is 2.87. The molecule has 2 aliphatic rings. The summed E-state index contributed by atoms with van der Waals surface area (Å²) in [5.41, 5.74) is 5.47. The van der Waals surface area contributed by atoms with Crippen LogP contribution in [0.2, 0.25) is 0 Å². The van der Waals surface area contributed by atoms with Crippen LogP contribution in [0.1, 0.15) is 25.2 Å². The molecule has 3 heterocycles. The van der Waals surface area contributed by atoms with Crippen LogP contribution in [0.25, 0.3) is 0 Å². The minimum absolute atomic E-state index is 0.178. The van der Waals surface area contributed by atoms with E-state index in [0.29, 0.717) is 43.3 Å². The third-order valence-electron chi connectivity index (χ3n) is 3.91. The van der Waals surface area contributed by atoms with Crippen LogP contribution in [0.4, 0.5) is 6.01 Å². The van der Waals surface area contributed by atoms with Gasteiger partial charge in [-0.2, -0.15) is 0 Å². The van der Waals surface area contributed by atoms with Gasteiger partial charge in [-0.15, -0.1) is 5.10 Å². The number of amides is 1. The number of nitrogens with one attached hydrogen (secondary N) is 1. The number of nitrogens with two attached hydrogens (primary N) is 1. The van der Waals surface area contributed by atoms with Gasteiger partial charge in [0.05, 0.1) is 0 Å². The van der Waals surface area contributed by atoms with Crippen molar-refractivity contribution in [1.82, 2.24) is 15.5 Å². The van der Waals surface area contributed by atoms with E-state index in [1.54, 1.807) is 0 Å². The van der Waals surface area contributed by atoms with Crippen LogP contribution in [0, 0.1) is 5.92 Å². The van der Waals surface area contributed by atoms with Crippen molar-refractivity contribution in [3.8, 4) is 0 Å². The number of fused-ring (bicyclic) bond motifs is 1. The van der Waals surface area contributed by atoms with E-state index in [4.69, 9.17) is 10.2 Å². The summed E-state index contributed by atoms with van der Waals surface area (Å²) in [5.74, 6) is 1.26. The molecule has 2 atom stereocenters. The number of hydrogen-bond acceptors (Lipinski definition) is 6. The fourth-order valence-corrected chi connectivity index (χ4v) is 2.88. The maximum atomic E-state index is 11.4. The highest BCUT2D eigenvalue weighted by atomic mass is 16.4. The van der Waals surface area contributed by atoms with E-state index < -0.39 is 0 Å². The largest absolute Gasteiger partial charge is 0.408 e. The molecule has 104 valence electrons. The highest BCUT2D eigenvalue weighted by molar-refractivity contribution is 5.77. The molecule has 3 rings (SSSR count). The number of hydrogen-bond donors (Lipinski definition) is 2. The van der Waals surface area contributed by atoms with Crippen molar-refractivity contribution >= 4 is 11.9 Å². The number of carbonyl (C=O) groups is 1. The average molecular weight is 265 g/mol. The summed E-state index contributed by atoms with van der Waals surface area (Å²) in [6.07, 6.45) is 3.11. The van der Waals surface area contributed by atoms with Gasteiger partial charge in [0, 0.05) is 38.5 Å². The summed E-state index contributed by atoms with van der Waals surface area (Å²) in [6.45, 7) is 2.22. The first kappa shape index (κ1) is 12.4. The van der Waals surface area contributed by atoms with Crippen molar-refractivity contribution in [2.45, 2.75) is 31.7 Å². The maximum Gasteiger partial charge on any atom is 0.318 e. The Morgan fingerprint density at radius 3 is 3.16 bits per heavy atom. The summed E-state index contributed by atoms with van der Waals surface area (Å²) in [4.78, 5) is 13.5. The molecule has 2 unspecified atom stereocenters. The Morgan fingerprint density at radius 1 is 1.42 bits per heavy atom.